The second kappa shape index (κ2) is 50.2. The average molecular weight is 985 g/mol. The molecule has 7 unspecified atom stereocenters. The molecule has 0 bridgehead atoms. The fourth-order valence-corrected chi connectivity index (χ4v) is 8.84. The molecule has 70 heavy (non-hydrogen) atoms. The first-order chi connectivity index (χ1) is 34.3. The van der Waals surface area contributed by atoms with Gasteiger partial charge in [0, 0.05) is 6.42 Å². The number of carbonyl (C=O) groups is 1. The molecule has 0 aromatic heterocycles. The van der Waals surface area contributed by atoms with E-state index in [0.29, 0.717) is 6.42 Å². The summed E-state index contributed by atoms with van der Waals surface area (Å²) in [5, 5.41) is 54.5. The first-order valence-electron chi connectivity index (χ1n) is 29.2. The van der Waals surface area contributed by atoms with Gasteiger partial charge in [0.15, 0.2) is 6.29 Å². The van der Waals surface area contributed by atoms with Gasteiger partial charge in [-0.3, -0.25) is 4.79 Å². The van der Waals surface area contributed by atoms with Crippen molar-refractivity contribution in [1.82, 2.24) is 5.32 Å². The minimum atomic E-state index is -1.58. The highest BCUT2D eigenvalue weighted by atomic mass is 16.7. The summed E-state index contributed by atoms with van der Waals surface area (Å²) in [7, 11) is 0. The Morgan fingerprint density at radius 2 is 0.857 bits per heavy atom. The standard InChI is InChI=1S/C61H109NO8/c1-3-5-7-9-11-13-15-17-19-21-23-24-25-26-27-28-29-30-31-32-33-35-37-39-41-43-45-47-49-51-57(65)62-54(53-69-61-60(68)59(67)58(66)56(52-63)70-61)55(64)50-48-46-44-42-40-38-36-34-22-20-18-16-14-12-10-8-6-4-2/h15,17,21-23,25-26,34,40,42,48,50,54-56,58-61,63-64,66-68H,3-14,16,18-20,24,27-33,35-39,41,43-47,49,51-53H2,1-2H3,(H,62,65)/b17-15-,23-21-,26-25-,34-22+,42-40+,50-48+. The van der Waals surface area contributed by atoms with Crippen LogP contribution in [0.25, 0.3) is 0 Å². The van der Waals surface area contributed by atoms with Crippen molar-refractivity contribution in [3.05, 3.63) is 72.9 Å². The van der Waals surface area contributed by atoms with Gasteiger partial charge in [-0.1, -0.05) is 234 Å². The first-order valence-corrected chi connectivity index (χ1v) is 29.2. The second-order valence-electron chi connectivity index (χ2n) is 20.1. The van der Waals surface area contributed by atoms with Crippen molar-refractivity contribution in [3.8, 4) is 0 Å². The molecule has 1 aliphatic rings. The summed E-state index contributed by atoms with van der Waals surface area (Å²) in [6.45, 7) is 3.75. The van der Waals surface area contributed by atoms with Crippen molar-refractivity contribution in [2.75, 3.05) is 13.2 Å². The molecule has 406 valence electrons. The van der Waals surface area contributed by atoms with Crippen molar-refractivity contribution in [3.63, 3.8) is 0 Å². The molecule has 0 spiro atoms. The van der Waals surface area contributed by atoms with Gasteiger partial charge in [-0.2, -0.15) is 0 Å². The topological polar surface area (TPSA) is 149 Å². The summed E-state index contributed by atoms with van der Waals surface area (Å²) in [6.07, 6.45) is 62.5. The van der Waals surface area contributed by atoms with Crippen LogP contribution in [-0.4, -0.2) is 87.5 Å². The van der Waals surface area contributed by atoms with Crippen molar-refractivity contribution in [2.45, 2.75) is 294 Å². The van der Waals surface area contributed by atoms with E-state index in [1.807, 2.05) is 6.08 Å². The van der Waals surface area contributed by atoms with Gasteiger partial charge in [0.1, 0.15) is 24.4 Å². The van der Waals surface area contributed by atoms with Gasteiger partial charge in [0.05, 0.1) is 25.4 Å². The molecule has 9 nitrogen and oxygen atoms in total. The Bertz CT molecular complexity index is 1330. The molecule has 7 atom stereocenters. The third-order valence-electron chi connectivity index (χ3n) is 13.5. The van der Waals surface area contributed by atoms with Crippen LogP contribution in [0.4, 0.5) is 0 Å². The van der Waals surface area contributed by atoms with E-state index in [9.17, 15) is 30.3 Å². The third kappa shape index (κ3) is 39.2. The van der Waals surface area contributed by atoms with Crippen molar-refractivity contribution in [2.24, 2.45) is 0 Å². The lowest BCUT2D eigenvalue weighted by Gasteiger charge is -2.40. The van der Waals surface area contributed by atoms with E-state index in [2.05, 4.69) is 79.9 Å². The van der Waals surface area contributed by atoms with Crippen molar-refractivity contribution < 1.29 is 39.8 Å². The molecule has 6 N–H and O–H groups in total. The van der Waals surface area contributed by atoms with Crippen molar-refractivity contribution in [1.29, 1.82) is 0 Å². The maximum Gasteiger partial charge on any atom is 0.220 e. The first kappa shape index (κ1) is 65.6. The molecule has 1 amide bonds. The molecule has 9 heteroatoms. The number of amides is 1. The zero-order valence-corrected chi connectivity index (χ0v) is 45.0. The van der Waals surface area contributed by atoms with Gasteiger partial charge in [-0.05, 0) is 83.5 Å². The zero-order valence-electron chi connectivity index (χ0n) is 45.0. The Balaban J connectivity index is 2.23. The summed E-state index contributed by atoms with van der Waals surface area (Å²) < 4.78 is 11.2. The van der Waals surface area contributed by atoms with E-state index in [-0.39, 0.29) is 12.5 Å². The maximum absolute atomic E-state index is 13.1. The van der Waals surface area contributed by atoms with Gasteiger partial charge < -0.3 is 40.3 Å². The monoisotopic (exact) mass is 984 g/mol. The van der Waals surface area contributed by atoms with Gasteiger partial charge in [-0.15, -0.1) is 0 Å². The number of allylic oxidation sites excluding steroid dienone is 11. The third-order valence-corrected chi connectivity index (χ3v) is 13.5. The molecule has 0 radical (unpaired) electrons. The average Bonchev–Trinajstić information content (AvgIpc) is 3.36. The summed E-state index contributed by atoms with van der Waals surface area (Å²) in [5.74, 6) is -0.192. The van der Waals surface area contributed by atoms with Gasteiger partial charge >= 0.3 is 0 Å². The molecule has 0 aliphatic carbocycles. The van der Waals surface area contributed by atoms with E-state index in [1.165, 1.54) is 167 Å². The predicted molar refractivity (Wildman–Crippen MR) is 295 cm³/mol. The normalized spacial score (nSPS) is 19.9. The molecule has 1 heterocycles. The summed E-state index contributed by atoms with van der Waals surface area (Å²) >= 11 is 0. The summed E-state index contributed by atoms with van der Waals surface area (Å²) in [5.41, 5.74) is 0. The van der Waals surface area contributed by atoms with E-state index < -0.39 is 49.5 Å². The number of carbonyl (C=O) groups excluding carboxylic acids is 1. The lowest BCUT2D eigenvalue weighted by Crippen LogP contribution is -2.60. The molecular weight excluding hydrogens is 875 g/mol. The maximum atomic E-state index is 13.1. The number of aliphatic hydroxyl groups is 5. The number of aliphatic hydroxyl groups excluding tert-OH is 5. The highest BCUT2D eigenvalue weighted by molar-refractivity contribution is 5.76. The largest absolute Gasteiger partial charge is 0.394 e. The van der Waals surface area contributed by atoms with E-state index >= 15 is 0 Å². The smallest absolute Gasteiger partial charge is 0.220 e. The Morgan fingerprint density at radius 3 is 1.30 bits per heavy atom. The van der Waals surface area contributed by atoms with E-state index in [4.69, 9.17) is 9.47 Å². The van der Waals surface area contributed by atoms with Crippen LogP contribution in [0.15, 0.2) is 72.9 Å². The SMILES string of the molecule is CCCCCCC/C=C\C/C=C\C/C=C\CCCCCCCCCCCCCCCCC(=O)NC(COC1OC(CO)C(O)C(O)C1O)C(O)/C=C/CC/C=C/CC/C=C/CCCCCCCCCC. The molecule has 0 aromatic carbocycles. The molecule has 0 aromatic rings. The van der Waals surface area contributed by atoms with Crippen molar-refractivity contribution >= 4 is 5.91 Å². The Hall–Kier alpha value is -2.37. The van der Waals surface area contributed by atoms with Crippen LogP contribution in [0.5, 0.6) is 0 Å². The van der Waals surface area contributed by atoms with Gasteiger partial charge in [0.2, 0.25) is 5.91 Å². The number of unbranched alkanes of at least 4 members (excludes halogenated alkanes) is 29. The van der Waals surface area contributed by atoms with Gasteiger partial charge in [-0.25, -0.2) is 0 Å². The van der Waals surface area contributed by atoms with Crippen LogP contribution in [0, 0.1) is 0 Å². The summed E-state index contributed by atoms with van der Waals surface area (Å²) in [4.78, 5) is 13.1. The number of hydrogen-bond donors (Lipinski definition) is 6. The van der Waals surface area contributed by atoms with E-state index in [0.717, 1.165) is 64.2 Å². The minimum absolute atomic E-state index is 0.192. The Kier molecular flexibility index (Phi) is 47.1. The number of nitrogens with one attached hydrogen (secondary N) is 1. The van der Waals surface area contributed by atoms with Crippen LogP contribution < -0.4 is 5.32 Å². The highest BCUT2D eigenvalue weighted by Crippen LogP contribution is 2.23. The van der Waals surface area contributed by atoms with Crippen LogP contribution >= 0.6 is 0 Å². The van der Waals surface area contributed by atoms with Crippen LogP contribution in [0.1, 0.15) is 251 Å². The molecular formula is C61H109NO8. The Morgan fingerprint density at radius 1 is 0.486 bits per heavy atom. The number of ether oxygens (including phenoxy) is 2. The lowest BCUT2D eigenvalue weighted by molar-refractivity contribution is -0.302. The number of hydrogen-bond acceptors (Lipinski definition) is 8. The Labute approximate surface area is 429 Å². The molecule has 1 fully saturated rings. The van der Waals surface area contributed by atoms with Crippen LogP contribution in [-0.2, 0) is 14.3 Å². The molecule has 1 aliphatic heterocycles. The van der Waals surface area contributed by atoms with Crippen LogP contribution in [0.2, 0.25) is 0 Å². The quantitative estimate of drug-likeness (QED) is 0.0261. The highest BCUT2D eigenvalue weighted by Gasteiger charge is 2.44. The fraction of sp³-hybridized carbons (Fsp3) is 0.787. The number of rotatable bonds is 49. The lowest BCUT2D eigenvalue weighted by atomic mass is 9.99. The molecule has 1 rings (SSSR count). The van der Waals surface area contributed by atoms with E-state index in [1.54, 1.807) is 6.08 Å². The van der Waals surface area contributed by atoms with Gasteiger partial charge in [0.25, 0.3) is 0 Å². The minimum Gasteiger partial charge on any atom is -0.394 e. The zero-order chi connectivity index (χ0) is 50.8. The molecule has 1 saturated heterocycles. The second-order valence-corrected chi connectivity index (χ2v) is 20.1. The summed E-state index contributed by atoms with van der Waals surface area (Å²) in [6, 6.07) is -0.832. The fourth-order valence-electron chi connectivity index (χ4n) is 8.84. The van der Waals surface area contributed by atoms with Crippen LogP contribution in [0.3, 0.4) is 0 Å². The predicted octanol–water partition coefficient (Wildman–Crippen LogP) is 14.5. The molecule has 0 saturated carbocycles.